The van der Waals surface area contributed by atoms with Gasteiger partial charge in [0.1, 0.15) is 4.21 Å². The van der Waals surface area contributed by atoms with Crippen LogP contribution in [-0.2, 0) is 21.4 Å². The van der Waals surface area contributed by atoms with E-state index < -0.39 is 34.5 Å². The van der Waals surface area contributed by atoms with E-state index in [0.29, 0.717) is 16.1 Å². The third-order valence-electron chi connectivity index (χ3n) is 5.29. The first-order valence-electron chi connectivity index (χ1n) is 11.2. The maximum absolute atomic E-state index is 13.1. The second kappa shape index (κ2) is 11.8. The van der Waals surface area contributed by atoms with Crippen LogP contribution in [0.3, 0.4) is 0 Å². The fourth-order valence-corrected chi connectivity index (χ4v) is 6.10. The lowest BCUT2D eigenvalue weighted by molar-refractivity contribution is -0.137. The molecule has 4 N–H and O–H groups in total. The number of urea groups is 1. The molecule has 1 unspecified atom stereocenters. The number of rotatable bonds is 10. The molecule has 2 aromatic heterocycles. The molecule has 0 fully saturated rings. The molecule has 4 rings (SSSR count). The van der Waals surface area contributed by atoms with Crippen molar-refractivity contribution in [2.45, 2.75) is 23.2 Å². The van der Waals surface area contributed by atoms with Gasteiger partial charge in [-0.05, 0) is 47.5 Å². The van der Waals surface area contributed by atoms with E-state index in [-0.39, 0.29) is 10.8 Å². The Balaban J connectivity index is 1.45. The molecule has 0 saturated carbocycles. The number of carboxylic acid groups (broad SMARTS) is 1. The van der Waals surface area contributed by atoms with Gasteiger partial charge in [0.2, 0.25) is 0 Å². The number of thiophene rings is 1. The van der Waals surface area contributed by atoms with E-state index in [2.05, 4.69) is 20.3 Å². The van der Waals surface area contributed by atoms with Crippen LogP contribution in [-0.4, -0.2) is 30.5 Å². The number of amides is 2. The van der Waals surface area contributed by atoms with Crippen molar-refractivity contribution in [2.24, 2.45) is 0 Å². The van der Waals surface area contributed by atoms with E-state index in [9.17, 15) is 23.1 Å². The van der Waals surface area contributed by atoms with Crippen LogP contribution in [0.4, 0.5) is 10.5 Å². The molecule has 0 radical (unpaired) electrons. The lowest BCUT2D eigenvalue weighted by Gasteiger charge is -2.16. The fraction of sp³-hybridized carbons (Fsp3) is 0.115. The van der Waals surface area contributed by atoms with Crippen molar-refractivity contribution in [2.75, 3.05) is 5.32 Å². The van der Waals surface area contributed by atoms with Gasteiger partial charge >= 0.3 is 12.0 Å². The zero-order chi connectivity index (χ0) is 26.3. The van der Waals surface area contributed by atoms with Gasteiger partial charge < -0.3 is 15.7 Å². The summed E-state index contributed by atoms with van der Waals surface area (Å²) in [6.07, 6.45) is 1.26. The zero-order valence-electron chi connectivity index (χ0n) is 19.5. The van der Waals surface area contributed by atoms with Crippen molar-refractivity contribution >= 4 is 39.0 Å². The molecule has 0 bridgehead atoms. The van der Waals surface area contributed by atoms with Crippen molar-refractivity contribution in [3.8, 4) is 10.4 Å². The van der Waals surface area contributed by atoms with Gasteiger partial charge in [0.25, 0.3) is 10.0 Å². The van der Waals surface area contributed by atoms with Crippen LogP contribution in [0.5, 0.6) is 0 Å². The summed E-state index contributed by atoms with van der Waals surface area (Å²) in [5, 5.41) is 14.8. The maximum atomic E-state index is 13.1. The number of nitrogens with one attached hydrogen (secondary N) is 3. The summed E-state index contributed by atoms with van der Waals surface area (Å²) < 4.78 is 28.7. The number of hydrogen-bond donors (Lipinski definition) is 4. The summed E-state index contributed by atoms with van der Waals surface area (Å²) in [6, 6.07) is 22.9. The van der Waals surface area contributed by atoms with Crippen molar-refractivity contribution in [3.05, 3.63) is 102 Å². The fourth-order valence-electron chi connectivity index (χ4n) is 3.55. The molecule has 0 aliphatic carbocycles. The minimum atomic E-state index is -3.98. The number of sulfonamides is 1. The van der Waals surface area contributed by atoms with Gasteiger partial charge in [-0.15, -0.1) is 11.3 Å². The van der Waals surface area contributed by atoms with E-state index in [4.69, 9.17) is 0 Å². The highest BCUT2D eigenvalue weighted by molar-refractivity contribution is 7.91. The molecule has 2 aromatic carbocycles. The minimum absolute atomic E-state index is 0.0558. The molecule has 4 aromatic rings. The van der Waals surface area contributed by atoms with Crippen LogP contribution in [0, 0.1) is 0 Å². The zero-order valence-corrected chi connectivity index (χ0v) is 21.1. The lowest BCUT2D eigenvalue weighted by atomic mass is 10.1. The predicted octanol–water partition coefficient (Wildman–Crippen LogP) is 4.63. The van der Waals surface area contributed by atoms with E-state index >= 15 is 0 Å². The number of aromatic nitrogens is 1. The van der Waals surface area contributed by atoms with Gasteiger partial charge in [0.05, 0.1) is 24.7 Å². The monoisotopic (exact) mass is 536 g/mol. The number of nitrogens with zero attached hydrogens (tertiary/aromatic N) is 1. The van der Waals surface area contributed by atoms with E-state index in [0.717, 1.165) is 22.6 Å². The van der Waals surface area contributed by atoms with Crippen LogP contribution < -0.4 is 15.4 Å². The second-order valence-electron chi connectivity index (χ2n) is 8.01. The Kier molecular flexibility index (Phi) is 8.29. The summed E-state index contributed by atoms with van der Waals surface area (Å²) in [7, 11) is -3.98. The van der Waals surface area contributed by atoms with Crippen LogP contribution in [0.2, 0.25) is 0 Å². The van der Waals surface area contributed by atoms with Gasteiger partial charge in [-0.1, -0.05) is 48.5 Å². The smallest absolute Gasteiger partial charge is 0.319 e. The number of hydrogen-bond acceptors (Lipinski definition) is 6. The third kappa shape index (κ3) is 7.23. The number of carbonyl (C=O) groups excluding carboxylic acids is 1. The maximum Gasteiger partial charge on any atom is 0.319 e. The first kappa shape index (κ1) is 26.0. The molecule has 9 nitrogen and oxygen atoms in total. The Bertz CT molecular complexity index is 1480. The van der Waals surface area contributed by atoms with Gasteiger partial charge in [-0.3, -0.25) is 9.78 Å². The van der Waals surface area contributed by atoms with Gasteiger partial charge in [0, 0.05) is 16.8 Å². The number of carboxylic acids is 1. The van der Waals surface area contributed by atoms with Gasteiger partial charge in [0.15, 0.2) is 0 Å². The van der Waals surface area contributed by atoms with Crippen molar-refractivity contribution in [1.29, 1.82) is 0 Å². The Hall–Kier alpha value is -4.06. The highest BCUT2D eigenvalue weighted by atomic mass is 32.2. The molecule has 2 heterocycles. The summed E-state index contributed by atoms with van der Waals surface area (Å²) >= 11 is 1.05. The normalized spacial score (nSPS) is 12.0. The summed E-state index contributed by atoms with van der Waals surface area (Å²) in [6.45, 7) is 0.275. The quantitative estimate of drug-likeness (QED) is 0.233. The summed E-state index contributed by atoms with van der Waals surface area (Å²) in [5.41, 5.74) is 2.55. The largest absolute Gasteiger partial charge is 0.481 e. The highest BCUT2D eigenvalue weighted by Gasteiger charge is 2.25. The van der Waals surface area contributed by atoms with Crippen LogP contribution in [0.1, 0.15) is 23.7 Å². The van der Waals surface area contributed by atoms with Gasteiger partial charge in [-0.25, -0.2) is 17.9 Å². The van der Waals surface area contributed by atoms with Gasteiger partial charge in [-0.2, -0.15) is 0 Å². The Labute approximate surface area is 218 Å². The Morgan fingerprint density at radius 3 is 2.46 bits per heavy atom. The molecular weight excluding hydrogens is 512 g/mol. The Morgan fingerprint density at radius 2 is 1.73 bits per heavy atom. The second-order valence-corrected chi connectivity index (χ2v) is 11.0. The molecular formula is C26H24N4O5S2. The topological polar surface area (TPSA) is 137 Å². The number of pyridine rings is 1. The molecule has 37 heavy (non-hydrogen) atoms. The minimum Gasteiger partial charge on any atom is -0.481 e. The van der Waals surface area contributed by atoms with E-state index in [1.807, 2.05) is 18.2 Å². The molecule has 1 atom stereocenters. The molecule has 0 spiro atoms. The molecule has 0 saturated heterocycles. The Morgan fingerprint density at radius 1 is 0.946 bits per heavy atom. The third-order valence-corrected chi connectivity index (χ3v) is 8.38. The van der Waals surface area contributed by atoms with Crippen LogP contribution in [0.25, 0.3) is 10.4 Å². The first-order chi connectivity index (χ1) is 17.8. The molecule has 0 aliphatic heterocycles. The van der Waals surface area contributed by atoms with E-state index in [1.54, 1.807) is 66.9 Å². The van der Waals surface area contributed by atoms with Crippen molar-refractivity contribution < 1.29 is 23.1 Å². The molecule has 11 heteroatoms. The molecule has 0 aliphatic rings. The van der Waals surface area contributed by atoms with Crippen LogP contribution >= 0.6 is 11.3 Å². The van der Waals surface area contributed by atoms with Crippen molar-refractivity contribution in [1.82, 2.24) is 15.0 Å². The number of carbonyl (C=O) groups is 2. The SMILES string of the molecule is O=C(O)CC(NS(=O)(=O)c1ccc(-c2cccc(NC(=O)NCc3ccccn3)c2)s1)c1ccccc1. The molecule has 2 amide bonds. The summed E-state index contributed by atoms with van der Waals surface area (Å²) in [5.74, 6) is -1.11. The number of benzene rings is 2. The van der Waals surface area contributed by atoms with E-state index in [1.165, 1.54) is 6.07 Å². The lowest BCUT2D eigenvalue weighted by Crippen LogP contribution is -2.29. The average Bonchev–Trinajstić information content (AvgIpc) is 3.40. The van der Waals surface area contributed by atoms with Crippen molar-refractivity contribution in [3.63, 3.8) is 0 Å². The van der Waals surface area contributed by atoms with Crippen LogP contribution in [0.15, 0.2) is 95.3 Å². The number of aliphatic carboxylic acids is 1. The average molecular weight is 537 g/mol. The standard InChI is InChI=1S/C26H24N4O5S2/c31-24(32)16-22(18-7-2-1-3-8-18)30-37(34,35)25-13-12-23(36-25)19-9-6-11-20(15-19)29-26(33)28-17-21-10-4-5-14-27-21/h1-15,22,30H,16-17H2,(H,31,32)(H2,28,29,33). The molecule has 190 valence electrons. The number of anilines is 1. The highest BCUT2D eigenvalue weighted by Crippen LogP contribution is 2.33. The summed E-state index contributed by atoms with van der Waals surface area (Å²) in [4.78, 5) is 28.5. The first-order valence-corrected chi connectivity index (χ1v) is 13.5. The predicted molar refractivity (Wildman–Crippen MR) is 142 cm³/mol.